The van der Waals surface area contributed by atoms with Crippen LogP contribution in [0.2, 0.25) is 0 Å². The van der Waals surface area contributed by atoms with Gasteiger partial charge in [0.05, 0.1) is 13.0 Å². The zero-order valence-electron chi connectivity index (χ0n) is 18.6. The monoisotopic (exact) mass is 448 g/mol. The maximum absolute atomic E-state index is 10.3. The van der Waals surface area contributed by atoms with Crippen molar-refractivity contribution in [1.82, 2.24) is 0 Å². The lowest BCUT2D eigenvalue weighted by Gasteiger charge is -1.97. The van der Waals surface area contributed by atoms with E-state index in [2.05, 4.69) is 31.1 Å². The number of esters is 1. The van der Waals surface area contributed by atoms with Crippen LogP contribution >= 0.6 is 0 Å². The zero-order chi connectivity index (χ0) is 25.5. The maximum Gasteiger partial charge on any atom is 0.331 e. The van der Waals surface area contributed by atoms with Crippen molar-refractivity contribution in [3.8, 4) is 0 Å². The Morgan fingerprint density at radius 2 is 1.47 bits per heavy atom. The van der Waals surface area contributed by atoms with Gasteiger partial charge in [0.25, 0.3) is 0 Å². The van der Waals surface area contributed by atoms with E-state index in [4.69, 9.17) is 15.3 Å². The first kappa shape index (κ1) is 32.7. The van der Waals surface area contributed by atoms with Crippen molar-refractivity contribution < 1.29 is 39.2 Å². The number of unbranched alkanes of at least 4 members (excludes halogenated alkanes) is 1. The third kappa shape index (κ3) is 26.1. The van der Waals surface area contributed by atoms with E-state index >= 15 is 0 Å². The molecule has 3 N–H and O–H groups in total. The van der Waals surface area contributed by atoms with Gasteiger partial charge in [0, 0.05) is 17.2 Å². The van der Waals surface area contributed by atoms with Gasteiger partial charge in [-0.05, 0) is 18.9 Å². The predicted molar refractivity (Wildman–Crippen MR) is 124 cm³/mol. The molecule has 0 bridgehead atoms. The maximum atomic E-state index is 10.3. The molecular formula is C24H32O8. The van der Waals surface area contributed by atoms with E-state index in [9.17, 15) is 19.2 Å². The van der Waals surface area contributed by atoms with E-state index in [0.29, 0.717) is 6.61 Å². The van der Waals surface area contributed by atoms with Crippen LogP contribution in [-0.4, -0.2) is 45.8 Å². The van der Waals surface area contributed by atoms with E-state index in [1.54, 1.807) is 0 Å². The highest BCUT2D eigenvalue weighted by Crippen LogP contribution is 1.97. The SMILES string of the molecule is C=C(C)C(=O)O.C=C(CC(=O)O)C(=O)O.C=CC(=O)OCCCC.C=Cc1ccccc1. The average Bonchev–Trinajstić information content (AvgIpc) is 2.75. The van der Waals surface area contributed by atoms with Crippen molar-refractivity contribution in [2.75, 3.05) is 6.61 Å². The molecule has 1 aromatic carbocycles. The molecule has 176 valence electrons. The third-order valence-corrected chi connectivity index (χ3v) is 2.98. The van der Waals surface area contributed by atoms with Crippen LogP contribution in [-0.2, 0) is 23.9 Å². The number of benzene rings is 1. The highest BCUT2D eigenvalue weighted by Gasteiger charge is 2.07. The summed E-state index contributed by atoms with van der Waals surface area (Å²) in [5.41, 5.74) is 1.05. The standard InChI is InChI=1S/C8H8.C7H12O2.C5H6O4.C4H6O2/c1-2-8-6-4-3-5-7-8;1-3-5-6-9-7(8)4-2;1-3(5(8)9)2-4(6)7;1-3(2)4(5)6/h2-7H,1H2;4H,2-3,5-6H2,1H3;1-2H2,(H,6,7)(H,8,9);1H2,2H3,(H,5,6). The van der Waals surface area contributed by atoms with Crippen LogP contribution in [0.1, 0.15) is 38.7 Å². The van der Waals surface area contributed by atoms with Gasteiger partial charge in [0.2, 0.25) is 0 Å². The molecule has 0 heterocycles. The Morgan fingerprint density at radius 3 is 1.72 bits per heavy atom. The van der Waals surface area contributed by atoms with Crippen LogP contribution in [0.4, 0.5) is 0 Å². The normalized spacial score (nSPS) is 8.31. The molecular weight excluding hydrogens is 416 g/mol. The Labute approximate surface area is 188 Å². The summed E-state index contributed by atoms with van der Waals surface area (Å²) in [6.07, 6.45) is 4.48. The lowest BCUT2D eigenvalue weighted by molar-refractivity contribution is -0.139. The first-order valence-electron chi connectivity index (χ1n) is 9.41. The van der Waals surface area contributed by atoms with Crippen LogP contribution < -0.4 is 0 Å². The highest BCUT2D eigenvalue weighted by molar-refractivity contribution is 5.91. The van der Waals surface area contributed by atoms with E-state index in [1.165, 1.54) is 18.6 Å². The Bertz CT molecular complexity index is 751. The lowest BCUT2D eigenvalue weighted by Crippen LogP contribution is -2.04. The third-order valence-electron chi connectivity index (χ3n) is 2.98. The van der Waals surface area contributed by atoms with Gasteiger partial charge in [-0.1, -0.05) is 76.1 Å². The number of hydrogen-bond acceptors (Lipinski definition) is 5. The molecule has 32 heavy (non-hydrogen) atoms. The molecule has 0 fully saturated rings. The van der Waals surface area contributed by atoms with Crippen molar-refractivity contribution >= 4 is 30.0 Å². The molecule has 1 aromatic rings. The Hall–Kier alpha value is -3.94. The summed E-state index contributed by atoms with van der Waals surface area (Å²) in [7, 11) is 0. The number of carbonyl (C=O) groups is 4. The minimum Gasteiger partial charge on any atom is -0.481 e. The van der Waals surface area contributed by atoms with E-state index in [-0.39, 0.29) is 17.1 Å². The summed E-state index contributed by atoms with van der Waals surface area (Å²) >= 11 is 0. The topological polar surface area (TPSA) is 138 Å². The van der Waals surface area contributed by atoms with Crippen molar-refractivity contribution in [1.29, 1.82) is 0 Å². The summed E-state index contributed by atoms with van der Waals surface area (Å²) in [5.74, 6) is -3.71. The molecule has 0 amide bonds. The molecule has 1 rings (SSSR count). The molecule has 0 aliphatic heterocycles. The molecule has 0 saturated heterocycles. The second-order valence-electron chi connectivity index (χ2n) is 5.90. The Morgan fingerprint density at radius 1 is 0.969 bits per heavy atom. The minimum absolute atomic E-state index is 0.176. The minimum atomic E-state index is -1.27. The summed E-state index contributed by atoms with van der Waals surface area (Å²) in [4.78, 5) is 39.6. The number of carbonyl (C=O) groups excluding carboxylic acids is 1. The number of ether oxygens (including phenoxy) is 1. The number of carboxylic acid groups (broad SMARTS) is 3. The summed E-state index contributed by atoms with van der Waals surface area (Å²) in [6.45, 7) is 17.1. The number of hydrogen-bond donors (Lipinski definition) is 3. The van der Waals surface area contributed by atoms with Gasteiger partial charge >= 0.3 is 23.9 Å². The molecule has 8 nitrogen and oxygen atoms in total. The highest BCUT2D eigenvalue weighted by atomic mass is 16.5. The van der Waals surface area contributed by atoms with Gasteiger partial charge in [0.1, 0.15) is 0 Å². The zero-order valence-corrected chi connectivity index (χ0v) is 18.6. The molecule has 0 aromatic heterocycles. The van der Waals surface area contributed by atoms with Crippen molar-refractivity contribution in [3.05, 3.63) is 79.4 Å². The number of rotatable bonds is 9. The molecule has 8 heteroatoms. The van der Waals surface area contributed by atoms with Crippen LogP contribution in [0, 0.1) is 0 Å². The van der Waals surface area contributed by atoms with Crippen molar-refractivity contribution in [2.24, 2.45) is 0 Å². The van der Waals surface area contributed by atoms with Gasteiger partial charge in [-0.15, -0.1) is 0 Å². The largest absolute Gasteiger partial charge is 0.481 e. The van der Waals surface area contributed by atoms with Crippen LogP contribution in [0.15, 0.2) is 73.9 Å². The fourth-order valence-electron chi connectivity index (χ4n) is 1.22. The molecule has 0 saturated carbocycles. The van der Waals surface area contributed by atoms with Gasteiger partial charge < -0.3 is 20.1 Å². The fourth-order valence-corrected chi connectivity index (χ4v) is 1.22. The molecule has 0 unspecified atom stereocenters. The average molecular weight is 449 g/mol. The predicted octanol–water partition coefficient (Wildman–Crippen LogP) is 4.59. The van der Waals surface area contributed by atoms with Gasteiger partial charge in [-0.25, -0.2) is 14.4 Å². The van der Waals surface area contributed by atoms with E-state index in [1.807, 2.05) is 43.3 Å². The Kier molecular flexibility index (Phi) is 22.2. The van der Waals surface area contributed by atoms with Crippen LogP contribution in [0.25, 0.3) is 6.08 Å². The van der Waals surface area contributed by atoms with E-state index in [0.717, 1.165) is 12.8 Å². The quantitative estimate of drug-likeness (QED) is 0.283. The lowest BCUT2D eigenvalue weighted by atomic mass is 10.2. The molecule has 0 radical (unpaired) electrons. The second-order valence-corrected chi connectivity index (χ2v) is 5.90. The molecule has 0 aliphatic carbocycles. The van der Waals surface area contributed by atoms with Gasteiger partial charge in [-0.3, -0.25) is 4.79 Å². The van der Waals surface area contributed by atoms with Crippen molar-refractivity contribution in [2.45, 2.75) is 33.1 Å². The Balaban J connectivity index is -0.000000354. The summed E-state index contributed by atoms with van der Waals surface area (Å²) in [5, 5.41) is 24.0. The van der Waals surface area contributed by atoms with Crippen molar-refractivity contribution in [3.63, 3.8) is 0 Å². The first-order chi connectivity index (χ1) is 14.9. The summed E-state index contributed by atoms with van der Waals surface area (Å²) in [6, 6.07) is 10.0. The van der Waals surface area contributed by atoms with Crippen LogP contribution in [0.5, 0.6) is 0 Å². The van der Waals surface area contributed by atoms with Crippen LogP contribution in [0.3, 0.4) is 0 Å². The number of carboxylic acids is 3. The van der Waals surface area contributed by atoms with E-state index < -0.39 is 24.3 Å². The molecule has 0 spiro atoms. The first-order valence-corrected chi connectivity index (χ1v) is 9.41. The number of aliphatic carboxylic acids is 3. The molecule has 0 aliphatic rings. The fraction of sp³-hybridized carbons (Fsp3) is 0.250. The smallest absolute Gasteiger partial charge is 0.331 e. The van der Waals surface area contributed by atoms with Gasteiger partial charge in [0.15, 0.2) is 0 Å². The summed E-state index contributed by atoms with van der Waals surface area (Å²) < 4.78 is 4.67. The molecule has 0 atom stereocenters. The second kappa shape index (κ2) is 21.8. The van der Waals surface area contributed by atoms with Gasteiger partial charge in [-0.2, -0.15) is 0 Å².